The fourth-order valence-electron chi connectivity index (χ4n) is 3.12. The van der Waals surface area contributed by atoms with Gasteiger partial charge in [-0.15, -0.1) is 0 Å². The Morgan fingerprint density at radius 2 is 1.85 bits per heavy atom. The number of pyridine rings is 2. The number of nitrogens with two attached hydrogens (primary N) is 1. The molecule has 3 heterocycles. The normalized spacial score (nSPS) is 17.9. The van der Waals surface area contributed by atoms with Crippen molar-refractivity contribution in [2.45, 2.75) is 29.9 Å². The third-order valence-corrected chi connectivity index (χ3v) is 5.54. The number of primary sulfonamides is 1. The van der Waals surface area contributed by atoms with Gasteiger partial charge in [0.25, 0.3) is 15.9 Å². The van der Waals surface area contributed by atoms with E-state index in [9.17, 15) is 39.6 Å². The molecule has 1 unspecified atom stereocenters. The van der Waals surface area contributed by atoms with Gasteiger partial charge in [0.15, 0.2) is 11.1 Å². The quantitative estimate of drug-likeness (QED) is 0.602. The predicted octanol–water partition coefficient (Wildman–Crippen LogP) is 2.55. The number of carbonyl (C=O) groups excluding carboxylic acids is 1. The zero-order valence-electron chi connectivity index (χ0n) is 17.0. The minimum atomic E-state index is -4.86. The van der Waals surface area contributed by atoms with Crippen LogP contribution >= 0.6 is 0 Å². The van der Waals surface area contributed by atoms with Crippen LogP contribution in [0.15, 0.2) is 35.6 Å². The van der Waals surface area contributed by atoms with Crippen LogP contribution in [0.5, 0.6) is 0 Å². The van der Waals surface area contributed by atoms with E-state index >= 15 is 0 Å². The molecule has 0 radical (unpaired) electrons. The molecule has 2 aromatic rings. The summed E-state index contributed by atoms with van der Waals surface area (Å²) >= 11 is 0. The highest BCUT2D eigenvalue weighted by Crippen LogP contribution is 2.33. The van der Waals surface area contributed by atoms with Gasteiger partial charge < -0.3 is 15.0 Å². The zero-order valence-corrected chi connectivity index (χ0v) is 17.8. The van der Waals surface area contributed by atoms with Gasteiger partial charge in [0, 0.05) is 43.7 Å². The maximum absolute atomic E-state index is 13.2. The second-order valence-electron chi connectivity index (χ2n) is 7.15. The van der Waals surface area contributed by atoms with E-state index in [4.69, 9.17) is 9.88 Å². The van der Waals surface area contributed by atoms with E-state index < -0.39 is 63.6 Å². The average Bonchev–Trinajstić information content (AvgIpc) is 2.98. The van der Waals surface area contributed by atoms with E-state index in [0.29, 0.717) is 12.3 Å². The minimum Gasteiger partial charge on any atom is -0.367 e. The molecule has 1 aliphatic rings. The van der Waals surface area contributed by atoms with Crippen LogP contribution in [0.25, 0.3) is 0 Å². The summed E-state index contributed by atoms with van der Waals surface area (Å²) in [5.74, 6) is -1.41. The number of alkyl halides is 6. The second-order valence-corrected chi connectivity index (χ2v) is 8.66. The lowest BCUT2D eigenvalue weighted by Gasteiger charge is -2.24. The number of hydrogen-bond donors (Lipinski definition) is 2. The molecule has 186 valence electrons. The molecular weight excluding hydrogens is 496 g/mol. The van der Waals surface area contributed by atoms with Crippen LogP contribution in [-0.4, -0.2) is 56.3 Å². The standard InChI is InChI=1S/C18H17F6N5O4S/c19-17(20,21)10-7-12(16(30)28-11-1-3-26-14(8-11)34(25,31)32)15(27-9-10)29-4-2-13(18(22,23)24)33-6-5-29/h1,3,7-9,13H,2,4-6H2,(H2,25,31,32)(H,26,28,30). The van der Waals surface area contributed by atoms with Crippen molar-refractivity contribution in [1.82, 2.24) is 9.97 Å². The molecular formula is C18H17F6N5O4S. The van der Waals surface area contributed by atoms with Crippen molar-refractivity contribution < 1.29 is 44.3 Å². The number of rotatable bonds is 4. The molecule has 0 saturated carbocycles. The van der Waals surface area contributed by atoms with Gasteiger partial charge in [0.1, 0.15) is 5.82 Å². The number of ether oxygens (including phenoxy) is 1. The highest BCUT2D eigenvalue weighted by atomic mass is 32.2. The Kier molecular flexibility index (Phi) is 7.05. The fourth-order valence-corrected chi connectivity index (χ4v) is 3.62. The van der Waals surface area contributed by atoms with Gasteiger partial charge in [-0.05, 0) is 12.1 Å². The Morgan fingerprint density at radius 3 is 2.47 bits per heavy atom. The molecule has 34 heavy (non-hydrogen) atoms. The van der Waals surface area contributed by atoms with E-state index in [-0.39, 0.29) is 24.6 Å². The summed E-state index contributed by atoms with van der Waals surface area (Å²) in [4.78, 5) is 21.3. The van der Waals surface area contributed by atoms with Crippen LogP contribution in [0.3, 0.4) is 0 Å². The van der Waals surface area contributed by atoms with Crippen molar-refractivity contribution in [2.24, 2.45) is 5.14 Å². The van der Waals surface area contributed by atoms with Crippen molar-refractivity contribution in [3.63, 3.8) is 0 Å². The highest BCUT2D eigenvalue weighted by Gasteiger charge is 2.42. The Bertz CT molecular complexity index is 1170. The van der Waals surface area contributed by atoms with Crippen LogP contribution in [-0.2, 0) is 20.9 Å². The van der Waals surface area contributed by atoms with E-state index in [2.05, 4.69) is 15.3 Å². The van der Waals surface area contributed by atoms with E-state index in [1.807, 2.05) is 0 Å². The maximum Gasteiger partial charge on any atom is 0.417 e. The van der Waals surface area contributed by atoms with Crippen molar-refractivity contribution >= 4 is 27.4 Å². The van der Waals surface area contributed by atoms with Gasteiger partial charge in [-0.2, -0.15) is 26.3 Å². The molecule has 3 rings (SSSR count). The molecule has 0 bridgehead atoms. The first-order chi connectivity index (χ1) is 15.7. The van der Waals surface area contributed by atoms with Gasteiger partial charge in [-0.3, -0.25) is 4.79 Å². The SMILES string of the molecule is NS(=O)(=O)c1cc(NC(=O)c2cc(C(F)(F)F)cnc2N2CCOC(C(F)(F)F)CC2)ccn1. The molecule has 1 fully saturated rings. The van der Waals surface area contributed by atoms with Gasteiger partial charge in [-0.25, -0.2) is 23.5 Å². The Balaban J connectivity index is 1.96. The topological polar surface area (TPSA) is 128 Å². The predicted molar refractivity (Wildman–Crippen MR) is 105 cm³/mol. The second kappa shape index (κ2) is 9.34. The Labute approximate surface area is 189 Å². The van der Waals surface area contributed by atoms with E-state index in [1.165, 1.54) is 11.0 Å². The summed E-state index contributed by atoms with van der Waals surface area (Å²) < 4.78 is 106. The number of carbonyl (C=O) groups is 1. The number of amides is 1. The lowest BCUT2D eigenvalue weighted by molar-refractivity contribution is -0.218. The molecule has 0 spiro atoms. The van der Waals surface area contributed by atoms with Crippen molar-refractivity contribution in [3.05, 3.63) is 41.7 Å². The molecule has 2 aromatic heterocycles. The average molecular weight is 513 g/mol. The van der Waals surface area contributed by atoms with Crippen LogP contribution in [0.1, 0.15) is 22.3 Å². The van der Waals surface area contributed by atoms with Crippen LogP contribution < -0.4 is 15.4 Å². The summed E-state index contributed by atoms with van der Waals surface area (Å²) in [6.07, 6.45) is -10.6. The van der Waals surface area contributed by atoms with E-state index in [0.717, 1.165) is 12.3 Å². The summed E-state index contributed by atoms with van der Waals surface area (Å²) in [7, 11) is -4.24. The third-order valence-electron chi connectivity index (χ3n) is 4.73. The minimum absolute atomic E-state index is 0.149. The van der Waals surface area contributed by atoms with Gasteiger partial charge >= 0.3 is 12.4 Å². The van der Waals surface area contributed by atoms with Crippen LogP contribution in [0.4, 0.5) is 37.8 Å². The molecule has 1 amide bonds. The van der Waals surface area contributed by atoms with Crippen molar-refractivity contribution in [3.8, 4) is 0 Å². The highest BCUT2D eigenvalue weighted by molar-refractivity contribution is 7.89. The van der Waals surface area contributed by atoms with Gasteiger partial charge in [-0.1, -0.05) is 0 Å². The smallest absolute Gasteiger partial charge is 0.367 e. The molecule has 0 aliphatic carbocycles. The van der Waals surface area contributed by atoms with Crippen LogP contribution in [0.2, 0.25) is 0 Å². The summed E-state index contributed by atoms with van der Waals surface area (Å²) in [5.41, 5.74) is -2.00. The largest absolute Gasteiger partial charge is 0.417 e. The molecule has 1 aliphatic heterocycles. The molecule has 16 heteroatoms. The summed E-state index contributed by atoms with van der Waals surface area (Å²) in [5, 5.41) is 6.61. The first-order valence-electron chi connectivity index (χ1n) is 9.47. The number of anilines is 2. The van der Waals surface area contributed by atoms with Gasteiger partial charge in [0.05, 0.1) is 17.7 Å². The molecule has 9 nitrogen and oxygen atoms in total. The Hall–Kier alpha value is -2.98. The molecule has 3 N–H and O–H groups in total. The molecule has 1 atom stereocenters. The summed E-state index contributed by atoms with van der Waals surface area (Å²) in [6.45, 7) is -0.875. The monoisotopic (exact) mass is 513 g/mol. The number of sulfonamides is 1. The molecule has 1 saturated heterocycles. The number of aromatic nitrogens is 2. The fraction of sp³-hybridized carbons (Fsp3) is 0.389. The van der Waals surface area contributed by atoms with Crippen molar-refractivity contribution in [2.75, 3.05) is 29.9 Å². The first-order valence-corrected chi connectivity index (χ1v) is 11.0. The number of hydrogen-bond acceptors (Lipinski definition) is 7. The maximum atomic E-state index is 13.2. The lowest BCUT2D eigenvalue weighted by atomic mass is 10.1. The summed E-state index contributed by atoms with van der Waals surface area (Å²) in [6, 6.07) is 2.56. The lowest BCUT2D eigenvalue weighted by Crippen LogP contribution is -2.33. The van der Waals surface area contributed by atoms with Gasteiger partial charge in [0.2, 0.25) is 0 Å². The third kappa shape index (κ3) is 6.12. The van der Waals surface area contributed by atoms with Crippen LogP contribution in [0, 0.1) is 0 Å². The first kappa shape index (κ1) is 25.6. The number of halogens is 6. The van der Waals surface area contributed by atoms with E-state index in [1.54, 1.807) is 0 Å². The zero-order chi connectivity index (χ0) is 25.3. The Morgan fingerprint density at radius 1 is 1.15 bits per heavy atom. The van der Waals surface area contributed by atoms with Crippen molar-refractivity contribution in [1.29, 1.82) is 0 Å². The molecule has 0 aromatic carbocycles. The number of nitrogens with one attached hydrogen (secondary N) is 1. The number of nitrogens with zero attached hydrogens (tertiary/aromatic N) is 3.